The summed E-state index contributed by atoms with van der Waals surface area (Å²) in [5.74, 6) is 6.66. The minimum Gasteiger partial charge on any atom is -0.493 e. The monoisotopic (exact) mass is 264 g/mol. The second kappa shape index (κ2) is 5.90. The van der Waals surface area contributed by atoms with Crippen LogP contribution in [-0.2, 0) is 11.2 Å². The van der Waals surface area contributed by atoms with Crippen LogP contribution in [-0.4, -0.2) is 18.8 Å². The Morgan fingerprint density at radius 3 is 2.89 bits per heavy atom. The summed E-state index contributed by atoms with van der Waals surface area (Å²) in [5.41, 5.74) is 5.01. The van der Waals surface area contributed by atoms with Crippen molar-refractivity contribution in [1.29, 1.82) is 0 Å². The molecule has 1 aromatic rings. The number of hydrogen-bond donors (Lipinski definition) is 2. The van der Waals surface area contributed by atoms with Gasteiger partial charge in [0.1, 0.15) is 5.75 Å². The van der Waals surface area contributed by atoms with Crippen LogP contribution in [0, 0.1) is 0 Å². The van der Waals surface area contributed by atoms with E-state index in [1.165, 1.54) is 5.56 Å². The van der Waals surface area contributed by atoms with E-state index in [9.17, 15) is 0 Å². The fourth-order valence-electron chi connectivity index (χ4n) is 2.25. The van der Waals surface area contributed by atoms with Crippen LogP contribution < -0.4 is 16.0 Å². The van der Waals surface area contributed by atoms with Crippen LogP contribution in [0.4, 0.5) is 0 Å². The van der Waals surface area contributed by atoms with Gasteiger partial charge in [-0.1, -0.05) is 18.2 Å². The van der Waals surface area contributed by atoms with Crippen LogP contribution in [0.1, 0.15) is 44.4 Å². The predicted octanol–water partition coefficient (Wildman–Crippen LogP) is 2.33. The lowest BCUT2D eigenvalue weighted by Crippen LogP contribution is -2.34. The molecule has 3 N–H and O–H groups in total. The average molecular weight is 264 g/mol. The number of rotatable bonds is 4. The van der Waals surface area contributed by atoms with E-state index < -0.39 is 0 Å². The molecule has 4 nitrogen and oxygen atoms in total. The highest BCUT2D eigenvalue weighted by molar-refractivity contribution is 5.44. The molecule has 1 aromatic carbocycles. The van der Waals surface area contributed by atoms with Gasteiger partial charge in [-0.3, -0.25) is 11.3 Å². The van der Waals surface area contributed by atoms with Gasteiger partial charge >= 0.3 is 0 Å². The maximum atomic E-state index is 5.83. The van der Waals surface area contributed by atoms with E-state index in [1.54, 1.807) is 0 Å². The first-order valence-electron chi connectivity index (χ1n) is 6.86. The molecule has 0 saturated carbocycles. The van der Waals surface area contributed by atoms with Crippen LogP contribution in [0.15, 0.2) is 18.2 Å². The molecule has 1 aliphatic rings. The average Bonchev–Trinajstić information content (AvgIpc) is 2.38. The molecule has 106 valence electrons. The van der Waals surface area contributed by atoms with E-state index in [0.717, 1.165) is 30.8 Å². The van der Waals surface area contributed by atoms with E-state index in [1.807, 2.05) is 20.8 Å². The van der Waals surface area contributed by atoms with Gasteiger partial charge in [-0.15, -0.1) is 0 Å². The molecular formula is C15H24N2O2. The van der Waals surface area contributed by atoms with Crippen LogP contribution in [0.3, 0.4) is 0 Å². The lowest BCUT2D eigenvalue weighted by atomic mass is 9.98. The number of fused-ring (bicyclic) bond motifs is 1. The van der Waals surface area contributed by atoms with Gasteiger partial charge in [0.05, 0.1) is 24.9 Å². The molecule has 0 radical (unpaired) electrons. The highest BCUT2D eigenvalue weighted by Crippen LogP contribution is 2.33. The van der Waals surface area contributed by atoms with Crippen molar-refractivity contribution in [2.45, 2.75) is 45.3 Å². The third-order valence-corrected chi connectivity index (χ3v) is 3.22. The summed E-state index contributed by atoms with van der Waals surface area (Å²) >= 11 is 0. The Morgan fingerprint density at radius 2 is 2.21 bits per heavy atom. The van der Waals surface area contributed by atoms with Crippen molar-refractivity contribution >= 4 is 0 Å². The Kier molecular flexibility index (Phi) is 4.45. The molecule has 0 saturated heterocycles. The Morgan fingerprint density at radius 1 is 1.42 bits per heavy atom. The largest absolute Gasteiger partial charge is 0.493 e. The van der Waals surface area contributed by atoms with Crippen molar-refractivity contribution in [3.8, 4) is 5.75 Å². The van der Waals surface area contributed by atoms with Gasteiger partial charge in [0, 0.05) is 5.56 Å². The Hall–Kier alpha value is -1.10. The van der Waals surface area contributed by atoms with Crippen molar-refractivity contribution in [1.82, 2.24) is 5.43 Å². The first kappa shape index (κ1) is 14.3. The molecule has 1 heterocycles. The minimum atomic E-state index is -0.176. The summed E-state index contributed by atoms with van der Waals surface area (Å²) in [6.07, 6.45) is 2.15. The Labute approximate surface area is 115 Å². The van der Waals surface area contributed by atoms with Crippen LogP contribution in [0.2, 0.25) is 0 Å². The van der Waals surface area contributed by atoms with Crippen molar-refractivity contribution in [2.75, 3.05) is 13.2 Å². The van der Waals surface area contributed by atoms with Crippen LogP contribution >= 0.6 is 0 Å². The zero-order chi connectivity index (χ0) is 13.9. The van der Waals surface area contributed by atoms with Crippen molar-refractivity contribution < 1.29 is 9.47 Å². The highest BCUT2D eigenvalue weighted by Gasteiger charge is 2.22. The zero-order valence-electron chi connectivity index (χ0n) is 12.0. The number of nitrogens with two attached hydrogens (primary N) is 1. The fraction of sp³-hybridized carbons (Fsp3) is 0.600. The van der Waals surface area contributed by atoms with Gasteiger partial charge < -0.3 is 9.47 Å². The first-order valence-corrected chi connectivity index (χ1v) is 6.86. The number of aryl methyl sites for hydroxylation is 1. The summed E-state index contributed by atoms with van der Waals surface area (Å²) in [7, 11) is 0. The van der Waals surface area contributed by atoms with Gasteiger partial charge in [-0.05, 0) is 39.2 Å². The number of para-hydroxylation sites is 1. The number of benzene rings is 1. The van der Waals surface area contributed by atoms with E-state index in [0.29, 0.717) is 6.61 Å². The molecule has 0 spiro atoms. The standard InChI is InChI=1S/C15H24N2O2/c1-15(2,3)19-10-13(17-16)12-8-4-6-11-7-5-9-18-14(11)12/h4,6,8,13,17H,5,7,9-10,16H2,1-3H3. The number of nitrogens with one attached hydrogen (secondary N) is 1. The van der Waals surface area contributed by atoms with Gasteiger partial charge in [-0.2, -0.15) is 0 Å². The lowest BCUT2D eigenvalue weighted by Gasteiger charge is -2.27. The van der Waals surface area contributed by atoms with Crippen LogP contribution in [0.5, 0.6) is 5.75 Å². The second-order valence-electron chi connectivity index (χ2n) is 5.93. The third kappa shape index (κ3) is 3.69. The van der Waals surface area contributed by atoms with Gasteiger partial charge in [0.25, 0.3) is 0 Å². The Bertz CT molecular complexity index is 427. The smallest absolute Gasteiger partial charge is 0.127 e. The molecule has 0 amide bonds. The van der Waals surface area contributed by atoms with Gasteiger partial charge in [-0.25, -0.2) is 0 Å². The number of hydrogen-bond acceptors (Lipinski definition) is 4. The lowest BCUT2D eigenvalue weighted by molar-refractivity contribution is -0.0151. The number of ether oxygens (including phenoxy) is 2. The molecule has 0 bridgehead atoms. The minimum absolute atomic E-state index is 0.0488. The topological polar surface area (TPSA) is 56.5 Å². The van der Waals surface area contributed by atoms with Crippen molar-refractivity contribution in [3.63, 3.8) is 0 Å². The molecule has 1 atom stereocenters. The molecule has 0 aromatic heterocycles. The van der Waals surface area contributed by atoms with E-state index in [2.05, 4.69) is 23.6 Å². The van der Waals surface area contributed by atoms with Crippen LogP contribution in [0.25, 0.3) is 0 Å². The van der Waals surface area contributed by atoms with Crippen molar-refractivity contribution in [3.05, 3.63) is 29.3 Å². The highest BCUT2D eigenvalue weighted by atomic mass is 16.5. The normalized spacial score (nSPS) is 16.6. The number of hydrazine groups is 1. The van der Waals surface area contributed by atoms with E-state index in [-0.39, 0.29) is 11.6 Å². The van der Waals surface area contributed by atoms with E-state index in [4.69, 9.17) is 15.3 Å². The summed E-state index contributed by atoms with van der Waals surface area (Å²) in [4.78, 5) is 0. The quantitative estimate of drug-likeness (QED) is 0.647. The molecule has 0 fully saturated rings. The summed E-state index contributed by atoms with van der Waals surface area (Å²) in [5, 5.41) is 0. The molecule has 2 rings (SSSR count). The first-order chi connectivity index (χ1) is 9.01. The third-order valence-electron chi connectivity index (χ3n) is 3.22. The maximum Gasteiger partial charge on any atom is 0.127 e. The Balaban J connectivity index is 2.18. The van der Waals surface area contributed by atoms with E-state index >= 15 is 0 Å². The predicted molar refractivity (Wildman–Crippen MR) is 76.0 cm³/mol. The molecule has 0 aliphatic carbocycles. The van der Waals surface area contributed by atoms with Gasteiger partial charge in [0.2, 0.25) is 0 Å². The molecule has 1 aliphatic heterocycles. The molecular weight excluding hydrogens is 240 g/mol. The second-order valence-corrected chi connectivity index (χ2v) is 5.93. The summed E-state index contributed by atoms with van der Waals surface area (Å²) in [6, 6.07) is 6.19. The van der Waals surface area contributed by atoms with Crippen molar-refractivity contribution in [2.24, 2.45) is 5.84 Å². The molecule has 19 heavy (non-hydrogen) atoms. The summed E-state index contributed by atoms with van der Waals surface area (Å²) in [6.45, 7) is 7.42. The fourth-order valence-corrected chi connectivity index (χ4v) is 2.25. The van der Waals surface area contributed by atoms with Gasteiger partial charge in [0.15, 0.2) is 0 Å². The molecule has 4 heteroatoms. The zero-order valence-corrected chi connectivity index (χ0v) is 12.0. The molecule has 1 unspecified atom stereocenters. The maximum absolute atomic E-state index is 5.83. The summed E-state index contributed by atoms with van der Waals surface area (Å²) < 4.78 is 11.6. The SMILES string of the molecule is CC(C)(C)OCC(NN)c1cccc2c1OCCC2.